The van der Waals surface area contributed by atoms with E-state index >= 15 is 0 Å². The summed E-state index contributed by atoms with van der Waals surface area (Å²) in [5, 5.41) is 9.55. The van der Waals surface area contributed by atoms with Crippen molar-refractivity contribution in [3.05, 3.63) is 22.3 Å². The molecule has 0 aromatic carbocycles. The molecule has 122 valence electrons. The van der Waals surface area contributed by atoms with Gasteiger partial charge in [0.2, 0.25) is 0 Å². The molecule has 0 atom stereocenters. The molecule has 1 aromatic heterocycles. The molecule has 1 aliphatic carbocycles. The van der Waals surface area contributed by atoms with E-state index in [1.54, 1.807) is 0 Å². The first-order valence-corrected chi connectivity index (χ1v) is 9.56. The van der Waals surface area contributed by atoms with Gasteiger partial charge in [-0.05, 0) is 53.1 Å². The van der Waals surface area contributed by atoms with Crippen molar-refractivity contribution in [1.82, 2.24) is 4.98 Å². The molecule has 2 aliphatic rings. The third-order valence-corrected chi connectivity index (χ3v) is 5.82. The maximum absolute atomic E-state index is 9.55. The molecule has 1 aromatic rings. The highest BCUT2D eigenvalue weighted by molar-refractivity contribution is 9.10. The summed E-state index contributed by atoms with van der Waals surface area (Å²) in [6, 6.07) is 1.98. The second-order valence-corrected chi connectivity index (χ2v) is 7.88. The van der Waals surface area contributed by atoms with Crippen LogP contribution in [0.4, 0.5) is 5.82 Å². The monoisotopic (exact) mass is 366 g/mol. The lowest BCUT2D eigenvalue weighted by Gasteiger charge is -2.35. The van der Waals surface area contributed by atoms with Gasteiger partial charge in [-0.3, -0.25) is 0 Å². The van der Waals surface area contributed by atoms with E-state index in [9.17, 15) is 5.11 Å². The summed E-state index contributed by atoms with van der Waals surface area (Å²) in [4.78, 5) is 6.89. The summed E-state index contributed by atoms with van der Waals surface area (Å²) < 4.78 is 0.937. The molecule has 1 N–H and O–H groups in total. The van der Waals surface area contributed by atoms with Crippen LogP contribution in [0.2, 0.25) is 0 Å². The smallest absolute Gasteiger partial charge is 0.134 e. The number of piperidine rings is 1. The van der Waals surface area contributed by atoms with Crippen molar-refractivity contribution < 1.29 is 5.11 Å². The van der Waals surface area contributed by atoms with Gasteiger partial charge in [0.25, 0.3) is 0 Å². The first-order valence-electron chi connectivity index (χ1n) is 8.76. The lowest BCUT2D eigenvalue weighted by Crippen LogP contribution is -2.35. The maximum atomic E-state index is 9.55. The van der Waals surface area contributed by atoms with E-state index < -0.39 is 0 Å². The lowest BCUT2D eigenvalue weighted by molar-refractivity contribution is 0.258. The van der Waals surface area contributed by atoms with Gasteiger partial charge in [-0.15, -0.1) is 0 Å². The fourth-order valence-corrected chi connectivity index (χ4v) is 4.53. The highest BCUT2D eigenvalue weighted by Crippen LogP contribution is 2.34. The summed E-state index contributed by atoms with van der Waals surface area (Å²) in [5.74, 6) is 2.86. The van der Waals surface area contributed by atoms with Crippen LogP contribution in [0, 0.1) is 11.8 Å². The van der Waals surface area contributed by atoms with Crippen molar-refractivity contribution in [1.29, 1.82) is 0 Å². The third kappa shape index (κ3) is 4.02. The van der Waals surface area contributed by atoms with Crippen molar-refractivity contribution in [3.8, 4) is 0 Å². The molecule has 2 heterocycles. The lowest BCUT2D eigenvalue weighted by atomic mass is 9.80. The Hall–Kier alpha value is -0.610. The van der Waals surface area contributed by atoms with E-state index in [-0.39, 0.29) is 6.61 Å². The second kappa shape index (κ2) is 7.78. The molecule has 1 saturated carbocycles. The topological polar surface area (TPSA) is 36.4 Å². The van der Waals surface area contributed by atoms with Crippen LogP contribution in [0.3, 0.4) is 0 Å². The average Bonchev–Trinajstić information content (AvgIpc) is 2.56. The zero-order chi connectivity index (χ0) is 15.4. The van der Waals surface area contributed by atoms with E-state index in [0.29, 0.717) is 0 Å². The molecular formula is C18H27BrN2O. The molecule has 0 radical (unpaired) electrons. The Bertz CT molecular complexity index is 480. The number of rotatable bonds is 4. The minimum absolute atomic E-state index is 0.0593. The van der Waals surface area contributed by atoms with Gasteiger partial charge in [0.15, 0.2) is 0 Å². The summed E-state index contributed by atoms with van der Waals surface area (Å²) in [6.45, 7) is 2.22. The molecule has 0 bridgehead atoms. The highest BCUT2D eigenvalue weighted by atomic mass is 79.9. The summed E-state index contributed by atoms with van der Waals surface area (Å²) in [5.41, 5.74) is 0.931. The van der Waals surface area contributed by atoms with E-state index in [0.717, 1.165) is 40.8 Å². The number of anilines is 1. The van der Waals surface area contributed by atoms with E-state index in [1.165, 1.54) is 51.4 Å². The molecule has 4 heteroatoms. The average molecular weight is 367 g/mol. The predicted molar refractivity (Wildman–Crippen MR) is 94.0 cm³/mol. The summed E-state index contributed by atoms with van der Waals surface area (Å²) in [6.07, 6.45) is 13.1. The van der Waals surface area contributed by atoms with Crippen molar-refractivity contribution in [2.24, 2.45) is 11.8 Å². The van der Waals surface area contributed by atoms with Gasteiger partial charge in [-0.1, -0.05) is 32.1 Å². The number of halogens is 1. The van der Waals surface area contributed by atoms with Crippen molar-refractivity contribution >= 4 is 21.7 Å². The quantitative estimate of drug-likeness (QED) is 0.850. The van der Waals surface area contributed by atoms with Crippen LogP contribution < -0.4 is 4.90 Å². The fraction of sp³-hybridized carbons (Fsp3) is 0.722. The minimum Gasteiger partial charge on any atom is -0.392 e. The van der Waals surface area contributed by atoms with E-state index in [4.69, 9.17) is 0 Å². The number of hydrogen-bond donors (Lipinski definition) is 1. The zero-order valence-electron chi connectivity index (χ0n) is 13.3. The Morgan fingerprint density at radius 3 is 2.45 bits per heavy atom. The predicted octanol–water partition coefficient (Wildman–Crippen LogP) is 4.52. The van der Waals surface area contributed by atoms with Crippen LogP contribution in [0.15, 0.2) is 16.7 Å². The van der Waals surface area contributed by atoms with Gasteiger partial charge < -0.3 is 10.0 Å². The maximum Gasteiger partial charge on any atom is 0.134 e. The van der Waals surface area contributed by atoms with Gasteiger partial charge in [0.1, 0.15) is 5.82 Å². The number of aliphatic hydroxyl groups is 1. The van der Waals surface area contributed by atoms with Crippen molar-refractivity contribution in [3.63, 3.8) is 0 Å². The molecule has 0 amide bonds. The van der Waals surface area contributed by atoms with Crippen LogP contribution in [-0.4, -0.2) is 23.2 Å². The standard InChI is InChI=1S/C18H27BrN2O/c19-17-11-16(13-22)18(20-12-17)21-8-6-15(7-9-21)10-14-4-2-1-3-5-14/h11-12,14-15,22H,1-10,13H2. The molecule has 0 unspecified atom stereocenters. The Morgan fingerprint density at radius 2 is 1.77 bits per heavy atom. The minimum atomic E-state index is 0.0593. The van der Waals surface area contributed by atoms with E-state index in [1.807, 2.05) is 12.3 Å². The van der Waals surface area contributed by atoms with Gasteiger partial charge >= 0.3 is 0 Å². The molecule has 0 spiro atoms. The van der Waals surface area contributed by atoms with Crippen LogP contribution in [0.25, 0.3) is 0 Å². The SMILES string of the molecule is OCc1cc(Br)cnc1N1CCC(CC2CCCCC2)CC1. The van der Waals surface area contributed by atoms with Gasteiger partial charge in [0, 0.05) is 29.3 Å². The molecule has 1 aliphatic heterocycles. The van der Waals surface area contributed by atoms with Gasteiger partial charge in [-0.25, -0.2) is 4.98 Å². The fourth-order valence-electron chi connectivity index (χ4n) is 4.15. The van der Waals surface area contributed by atoms with Crippen LogP contribution in [0.5, 0.6) is 0 Å². The highest BCUT2D eigenvalue weighted by Gasteiger charge is 2.25. The number of pyridine rings is 1. The molecule has 22 heavy (non-hydrogen) atoms. The Kier molecular flexibility index (Phi) is 5.75. The van der Waals surface area contributed by atoms with Crippen molar-refractivity contribution in [2.45, 2.75) is 58.0 Å². The van der Waals surface area contributed by atoms with Crippen LogP contribution in [0.1, 0.15) is 56.9 Å². The summed E-state index contributed by atoms with van der Waals surface area (Å²) in [7, 11) is 0. The Labute approximate surface area is 142 Å². The first-order chi connectivity index (χ1) is 10.8. The largest absolute Gasteiger partial charge is 0.392 e. The molecule has 3 nitrogen and oxygen atoms in total. The van der Waals surface area contributed by atoms with E-state index in [2.05, 4.69) is 25.8 Å². The zero-order valence-corrected chi connectivity index (χ0v) is 14.9. The Balaban J connectivity index is 1.55. The molecule has 3 rings (SSSR count). The Morgan fingerprint density at radius 1 is 1.09 bits per heavy atom. The first kappa shape index (κ1) is 16.3. The molecule has 2 fully saturated rings. The number of aliphatic hydroxyl groups excluding tert-OH is 1. The van der Waals surface area contributed by atoms with Crippen LogP contribution >= 0.6 is 15.9 Å². The number of hydrogen-bond acceptors (Lipinski definition) is 3. The summed E-state index contributed by atoms with van der Waals surface area (Å²) >= 11 is 3.43. The van der Waals surface area contributed by atoms with Gasteiger partial charge in [0.05, 0.1) is 6.61 Å². The third-order valence-electron chi connectivity index (χ3n) is 5.39. The van der Waals surface area contributed by atoms with Crippen LogP contribution in [-0.2, 0) is 6.61 Å². The normalized spacial score (nSPS) is 21.3. The van der Waals surface area contributed by atoms with Crippen molar-refractivity contribution in [2.75, 3.05) is 18.0 Å². The molecular weight excluding hydrogens is 340 g/mol. The molecule has 1 saturated heterocycles. The van der Waals surface area contributed by atoms with Gasteiger partial charge in [-0.2, -0.15) is 0 Å². The second-order valence-electron chi connectivity index (χ2n) is 6.96. The number of nitrogens with zero attached hydrogens (tertiary/aromatic N) is 2. The number of aromatic nitrogens is 1.